The van der Waals surface area contributed by atoms with Gasteiger partial charge in [-0.25, -0.2) is 0 Å². The molecule has 1 aliphatic heterocycles. The summed E-state index contributed by atoms with van der Waals surface area (Å²) in [6.45, 7) is 2.90. The van der Waals surface area contributed by atoms with Gasteiger partial charge in [0.2, 0.25) is 5.91 Å². The summed E-state index contributed by atoms with van der Waals surface area (Å²) in [6, 6.07) is 0. The molecular formula is C10H15N5O3. The number of hydrogen-bond donors (Lipinski definition) is 0. The molecule has 1 aliphatic rings. The number of ether oxygens (including phenoxy) is 1. The number of carbonyl (C=O) groups is 2. The van der Waals surface area contributed by atoms with Gasteiger partial charge < -0.3 is 4.74 Å². The number of tetrazole rings is 1. The second-order valence-corrected chi connectivity index (χ2v) is 4.11. The van der Waals surface area contributed by atoms with Crippen LogP contribution in [0.3, 0.4) is 0 Å². The van der Waals surface area contributed by atoms with E-state index < -0.39 is 5.92 Å². The zero-order valence-electron chi connectivity index (χ0n) is 10.4. The molecule has 0 aromatic carbocycles. The number of methoxy groups -OCH3 is 1. The van der Waals surface area contributed by atoms with E-state index in [0.29, 0.717) is 6.54 Å². The minimum atomic E-state index is -0.444. The molecule has 1 aromatic heterocycles. The quantitative estimate of drug-likeness (QED) is 0.679. The molecule has 1 fully saturated rings. The topological polar surface area (TPSA) is 90.2 Å². The summed E-state index contributed by atoms with van der Waals surface area (Å²) in [5, 5.41) is 11.8. The first kappa shape index (κ1) is 12.5. The highest BCUT2D eigenvalue weighted by molar-refractivity contribution is 5.98. The Morgan fingerprint density at radius 2 is 2.33 bits per heavy atom. The van der Waals surface area contributed by atoms with Crippen LogP contribution in [0.4, 0.5) is 5.95 Å². The fourth-order valence-electron chi connectivity index (χ4n) is 1.86. The van der Waals surface area contributed by atoms with Crippen molar-refractivity contribution in [1.82, 2.24) is 20.2 Å². The first-order valence-electron chi connectivity index (χ1n) is 5.81. The predicted molar refractivity (Wildman–Crippen MR) is 60.6 cm³/mol. The highest BCUT2D eigenvalue weighted by Crippen LogP contribution is 2.22. The SMILES string of the molecule is CCCn1nnc(N2CC(C(=O)OC)CC2=O)n1. The number of esters is 1. The minimum absolute atomic E-state index is 0.134. The van der Waals surface area contributed by atoms with E-state index in [4.69, 9.17) is 0 Å². The summed E-state index contributed by atoms with van der Waals surface area (Å²) in [6.07, 6.45) is 1.02. The number of rotatable bonds is 4. The van der Waals surface area contributed by atoms with Gasteiger partial charge in [0.15, 0.2) is 0 Å². The van der Waals surface area contributed by atoms with Crippen molar-refractivity contribution in [3.05, 3.63) is 0 Å². The third-order valence-electron chi connectivity index (χ3n) is 2.77. The molecule has 8 nitrogen and oxygen atoms in total. The smallest absolute Gasteiger partial charge is 0.311 e. The largest absolute Gasteiger partial charge is 0.469 e. The van der Waals surface area contributed by atoms with E-state index in [9.17, 15) is 9.59 Å². The molecule has 1 unspecified atom stereocenters. The molecule has 1 aromatic rings. The van der Waals surface area contributed by atoms with Gasteiger partial charge in [-0.1, -0.05) is 12.0 Å². The molecule has 0 bridgehead atoms. The lowest BCUT2D eigenvalue weighted by atomic mass is 10.1. The van der Waals surface area contributed by atoms with Gasteiger partial charge in [0.25, 0.3) is 5.95 Å². The summed E-state index contributed by atoms with van der Waals surface area (Å²) in [5.74, 6) is -0.756. The second kappa shape index (κ2) is 5.11. The maximum atomic E-state index is 11.8. The van der Waals surface area contributed by atoms with Crippen molar-refractivity contribution in [3.63, 3.8) is 0 Å². The first-order valence-corrected chi connectivity index (χ1v) is 5.81. The van der Waals surface area contributed by atoms with Crippen LogP contribution in [-0.2, 0) is 20.9 Å². The van der Waals surface area contributed by atoms with E-state index in [1.165, 1.54) is 16.8 Å². The highest BCUT2D eigenvalue weighted by atomic mass is 16.5. The van der Waals surface area contributed by atoms with E-state index >= 15 is 0 Å². The standard InChI is InChI=1S/C10H15N5O3/c1-3-4-15-12-10(11-13-15)14-6-7(5-8(14)16)9(17)18-2/h7H,3-6H2,1-2H3. The summed E-state index contributed by atoms with van der Waals surface area (Å²) in [4.78, 5) is 26.0. The number of anilines is 1. The number of aromatic nitrogens is 4. The number of amides is 1. The number of hydrogen-bond acceptors (Lipinski definition) is 6. The van der Waals surface area contributed by atoms with Crippen molar-refractivity contribution in [3.8, 4) is 0 Å². The molecule has 2 rings (SSSR count). The van der Waals surface area contributed by atoms with Gasteiger partial charge in [0.1, 0.15) is 0 Å². The predicted octanol–water partition coefficient (Wildman–Crippen LogP) is -0.391. The van der Waals surface area contributed by atoms with Crippen LogP contribution in [0.5, 0.6) is 0 Å². The third kappa shape index (κ3) is 2.31. The molecule has 0 N–H and O–H groups in total. The summed E-state index contributed by atoms with van der Waals surface area (Å²) in [7, 11) is 1.31. The minimum Gasteiger partial charge on any atom is -0.469 e. The molecule has 1 amide bonds. The Kier molecular flexibility index (Phi) is 3.54. The van der Waals surface area contributed by atoms with Gasteiger partial charge in [-0.15, -0.1) is 5.10 Å². The molecule has 0 saturated carbocycles. The maximum absolute atomic E-state index is 11.8. The first-order chi connectivity index (χ1) is 8.65. The van der Waals surface area contributed by atoms with Gasteiger partial charge in [-0.05, 0) is 11.6 Å². The van der Waals surface area contributed by atoms with E-state index in [1.54, 1.807) is 0 Å². The third-order valence-corrected chi connectivity index (χ3v) is 2.77. The van der Waals surface area contributed by atoms with E-state index in [1.807, 2.05) is 6.92 Å². The maximum Gasteiger partial charge on any atom is 0.311 e. The van der Waals surface area contributed by atoms with E-state index in [0.717, 1.165) is 6.42 Å². The number of nitrogens with zero attached hydrogens (tertiary/aromatic N) is 5. The van der Waals surface area contributed by atoms with Crippen molar-refractivity contribution in [2.45, 2.75) is 26.3 Å². The number of carbonyl (C=O) groups excluding carboxylic acids is 2. The van der Waals surface area contributed by atoms with Crippen molar-refractivity contribution < 1.29 is 14.3 Å². The Hall–Kier alpha value is -1.99. The molecule has 0 spiro atoms. The molecule has 1 saturated heterocycles. The van der Waals surface area contributed by atoms with Crippen LogP contribution in [0, 0.1) is 5.92 Å². The van der Waals surface area contributed by atoms with Crippen molar-refractivity contribution in [2.24, 2.45) is 5.92 Å². The van der Waals surface area contributed by atoms with Crippen LogP contribution in [0.15, 0.2) is 0 Å². The zero-order valence-corrected chi connectivity index (χ0v) is 10.4. The van der Waals surface area contributed by atoms with Gasteiger partial charge in [0.05, 0.1) is 19.6 Å². The van der Waals surface area contributed by atoms with Gasteiger partial charge in [0, 0.05) is 13.0 Å². The molecule has 0 aliphatic carbocycles. The Bertz CT molecular complexity index is 458. The van der Waals surface area contributed by atoms with E-state index in [-0.39, 0.29) is 30.8 Å². The fraction of sp³-hybridized carbons (Fsp3) is 0.700. The monoisotopic (exact) mass is 253 g/mol. The van der Waals surface area contributed by atoms with Gasteiger partial charge in [-0.3, -0.25) is 14.5 Å². The molecule has 8 heteroatoms. The fourth-order valence-corrected chi connectivity index (χ4v) is 1.86. The van der Waals surface area contributed by atoms with Crippen molar-refractivity contribution in [1.29, 1.82) is 0 Å². The zero-order chi connectivity index (χ0) is 13.1. The summed E-state index contributed by atoms with van der Waals surface area (Å²) in [5.41, 5.74) is 0. The Labute approximate surface area is 104 Å². The lowest BCUT2D eigenvalue weighted by molar-refractivity contribution is -0.145. The van der Waals surface area contributed by atoms with Gasteiger partial charge >= 0.3 is 5.97 Å². The molecule has 0 radical (unpaired) electrons. The Balaban J connectivity index is 2.09. The van der Waals surface area contributed by atoms with Crippen LogP contribution in [-0.4, -0.2) is 45.7 Å². The molecule has 18 heavy (non-hydrogen) atoms. The van der Waals surface area contributed by atoms with Crippen LogP contribution < -0.4 is 4.90 Å². The lowest BCUT2D eigenvalue weighted by Gasteiger charge is -2.10. The average molecular weight is 253 g/mol. The molecule has 2 heterocycles. The molecule has 98 valence electrons. The summed E-state index contributed by atoms with van der Waals surface area (Å²) < 4.78 is 4.63. The Morgan fingerprint density at radius 3 is 3.00 bits per heavy atom. The lowest BCUT2D eigenvalue weighted by Crippen LogP contribution is -2.27. The van der Waals surface area contributed by atoms with Crippen LogP contribution >= 0.6 is 0 Å². The van der Waals surface area contributed by atoms with Crippen molar-refractivity contribution in [2.75, 3.05) is 18.6 Å². The van der Waals surface area contributed by atoms with Crippen LogP contribution in [0.1, 0.15) is 19.8 Å². The average Bonchev–Trinajstić information content (AvgIpc) is 2.95. The van der Waals surface area contributed by atoms with Crippen LogP contribution in [0.25, 0.3) is 0 Å². The molecule has 1 atom stereocenters. The summed E-state index contributed by atoms with van der Waals surface area (Å²) >= 11 is 0. The normalized spacial score (nSPS) is 19.3. The van der Waals surface area contributed by atoms with Crippen molar-refractivity contribution >= 4 is 17.8 Å². The molecular weight excluding hydrogens is 238 g/mol. The number of aryl methyl sites for hydroxylation is 1. The van der Waals surface area contributed by atoms with Crippen LogP contribution in [0.2, 0.25) is 0 Å². The van der Waals surface area contributed by atoms with Gasteiger partial charge in [-0.2, -0.15) is 4.80 Å². The second-order valence-electron chi connectivity index (χ2n) is 4.11. The highest BCUT2D eigenvalue weighted by Gasteiger charge is 2.37. The van der Waals surface area contributed by atoms with E-state index in [2.05, 4.69) is 20.1 Å². The Morgan fingerprint density at radius 1 is 1.56 bits per heavy atom.